The predicted octanol–water partition coefficient (Wildman–Crippen LogP) is -0.125. The summed E-state index contributed by atoms with van der Waals surface area (Å²) in [5, 5.41) is 10.4. The van der Waals surface area contributed by atoms with Gasteiger partial charge in [-0.1, -0.05) is 0 Å². The van der Waals surface area contributed by atoms with Crippen molar-refractivity contribution in [2.75, 3.05) is 13.1 Å². The van der Waals surface area contributed by atoms with Crippen molar-refractivity contribution in [3.63, 3.8) is 0 Å². The molecule has 17 heavy (non-hydrogen) atoms. The van der Waals surface area contributed by atoms with Crippen LogP contribution >= 0.6 is 0 Å². The Labute approximate surface area is 98.7 Å². The Bertz CT molecular complexity index is 409. The van der Waals surface area contributed by atoms with Crippen molar-refractivity contribution in [1.29, 1.82) is 0 Å². The van der Waals surface area contributed by atoms with Crippen LogP contribution in [0.3, 0.4) is 0 Å². The summed E-state index contributed by atoms with van der Waals surface area (Å²) in [7, 11) is 0. The molecule has 3 aliphatic heterocycles. The zero-order valence-corrected chi connectivity index (χ0v) is 9.45. The van der Waals surface area contributed by atoms with Gasteiger partial charge in [-0.05, 0) is 19.3 Å². The molecule has 1 aliphatic carbocycles. The summed E-state index contributed by atoms with van der Waals surface area (Å²) in [5.74, 6) is 0.308. The van der Waals surface area contributed by atoms with Crippen LogP contribution in [0.15, 0.2) is 0 Å². The molecule has 6 heteroatoms. The summed E-state index contributed by atoms with van der Waals surface area (Å²) in [5.41, 5.74) is 0. The normalized spacial score (nSPS) is 40.3. The van der Waals surface area contributed by atoms with Gasteiger partial charge in [0, 0.05) is 25.0 Å². The highest BCUT2D eigenvalue weighted by atomic mass is 16.5. The molecule has 0 aromatic carbocycles. The third-order valence-corrected chi connectivity index (χ3v) is 4.51. The van der Waals surface area contributed by atoms with E-state index in [1.165, 1.54) is 0 Å². The molecule has 3 atom stereocenters. The van der Waals surface area contributed by atoms with Gasteiger partial charge in [-0.15, -0.1) is 0 Å². The van der Waals surface area contributed by atoms with Crippen molar-refractivity contribution >= 4 is 11.9 Å². The number of nitrogens with zero attached hydrogens (tertiary/aromatic N) is 3. The summed E-state index contributed by atoms with van der Waals surface area (Å²) in [4.78, 5) is 27.6. The van der Waals surface area contributed by atoms with Crippen LogP contribution in [0.1, 0.15) is 19.3 Å². The number of amides is 3. The quantitative estimate of drug-likeness (QED) is 0.646. The largest absolute Gasteiger partial charge is 0.344 e. The van der Waals surface area contributed by atoms with Gasteiger partial charge in [0.15, 0.2) is 0 Å². The molecule has 1 saturated carbocycles. The van der Waals surface area contributed by atoms with Crippen LogP contribution in [0, 0.1) is 5.92 Å². The fourth-order valence-corrected chi connectivity index (χ4v) is 3.55. The van der Waals surface area contributed by atoms with Gasteiger partial charge in [-0.3, -0.25) is 10.0 Å². The molecule has 4 aliphatic rings. The summed E-state index contributed by atoms with van der Waals surface area (Å²) < 4.78 is 0. The van der Waals surface area contributed by atoms with Gasteiger partial charge < -0.3 is 9.80 Å². The molecule has 4 fully saturated rings. The number of hydrogen-bond acceptors (Lipinski definition) is 3. The molecule has 92 valence electrons. The van der Waals surface area contributed by atoms with Gasteiger partial charge in [0.25, 0.3) is 0 Å². The third kappa shape index (κ3) is 1.14. The topological polar surface area (TPSA) is 64.1 Å². The van der Waals surface area contributed by atoms with E-state index in [9.17, 15) is 14.8 Å². The lowest BCUT2D eigenvalue weighted by molar-refractivity contribution is -0.132. The highest BCUT2D eigenvalue weighted by Crippen LogP contribution is 2.41. The Morgan fingerprint density at radius 3 is 2.53 bits per heavy atom. The minimum Gasteiger partial charge on any atom is -0.338 e. The van der Waals surface area contributed by atoms with Crippen LogP contribution < -0.4 is 0 Å². The van der Waals surface area contributed by atoms with Crippen LogP contribution in [0.4, 0.5) is 4.79 Å². The molecule has 0 radical (unpaired) electrons. The van der Waals surface area contributed by atoms with Crippen molar-refractivity contribution in [3.05, 3.63) is 0 Å². The number of carbonyl (C=O) groups is 2. The highest BCUT2D eigenvalue weighted by Gasteiger charge is 2.57. The summed E-state index contributed by atoms with van der Waals surface area (Å²) in [6, 6.07) is -0.395. The van der Waals surface area contributed by atoms with Gasteiger partial charge in [0.2, 0.25) is 5.91 Å². The lowest BCUT2D eigenvalue weighted by Gasteiger charge is -2.30. The van der Waals surface area contributed by atoms with Gasteiger partial charge in [-0.2, -0.15) is 0 Å². The number of urea groups is 1. The van der Waals surface area contributed by atoms with E-state index in [0.717, 1.165) is 30.9 Å². The molecule has 3 amide bonds. The molecule has 0 aromatic rings. The lowest BCUT2D eigenvalue weighted by atomic mass is 9.91. The second-order valence-electron chi connectivity index (χ2n) is 5.60. The van der Waals surface area contributed by atoms with Crippen LogP contribution in [0.25, 0.3) is 0 Å². The Hall–Kier alpha value is -1.30. The average Bonchev–Trinajstić information content (AvgIpc) is 3.08. The highest BCUT2D eigenvalue weighted by molar-refractivity contribution is 5.91. The van der Waals surface area contributed by atoms with Crippen molar-refractivity contribution in [3.8, 4) is 0 Å². The van der Waals surface area contributed by atoms with Crippen molar-refractivity contribution < 1.29 is 14.8 Å². The van der Waals surface area contributed by atoms with Gasteiger partial charge in [0.1, 0.15) is 6.04 Å². The predicted molar refractivity (Wildman–Crippen MR) is 56.1 cm³/mol. The van der Waals surface area contributed by atoms with Crippen LogP contribution in [0.5, 0.6) is 0 Å². The molecule has 3 saturated heterocycles. The molecule has 0 spiro atoms. The molecule has 3 unspecified atom stereocenters. The Balaban J connectivity index is 1.66. The zero-order chi connectivity index (χ0) is 11.7. The van der Waals surface area contributed by atoms with Gasteiger partial charge >= 0.3 is 6.03 Å². The van der Waals surface area contributed by atoms with E-state index in [4.69, 9.17) is 0 Å². The van der Waals surface area contributed by atoms with E-state index in [0.29, 0.717) is 12.6 Å². The first kappa shape index (κ1) is 9.70. The van der Waals surface area contributed by atoms with Crippen LogP contribution in [-0.4, -0.2) is 63.2 Å². The molecule has 6 nitrogen and oxygen atoms in total. The molecule has 1 N–H and O–H groups in total. The Kier molecular flexibility index (Phi) is 1.67. The lowest BCUT2D eigenvalue weighted by Crippen LogP contribution is -2.48. The maximum absolute atomic E-state index is 12.3. The third-order valence-electron chi connectivity index (χ3n) is 4.51. The van der Waals surface area contributed by atoms with E-state index in [-0.39, 0.29) is 23.9 Å². The smallest absolute Gasteiger partial charge is 0.338 e. The summed E-state index contributed by atoms with van der Waals surface area (Å²) in [6.45, 7) is 1.27. The summed E-state index contributed by atoms with van der Waals surface area (Å²) in [6.07, 6.45) is 2.96. The standard InChI is InChI=1S/C11H15N3O3/c15-10-9-6(4-12(10)7-1-2-7)3-8-5-13(9)11(16)14(8)17/h6-9,17H,1-5H2. The fraction of sp³-hybridized carbons (Fsp3) is 0.818. The molecule has 3 heterocycles. The first-order valence-electron chi connectivity index (χ1n) is 6.26. The number of rotatable bonds is 1. The van der Waals surface area contributed by atoms with Crippen molar-refractivity contribution in [2.24, 2.45) is 5.92 Å². The number of likely N-dealkylation sites (tertiary alicyclic amines) is 1. The first-order chi connectivity index (χ1) is 8.16. The SMILES string of the molecule is O=C1C2C(CC3CN2C(=O)N3O)CN1C1CC1. The van der Waals surface area contributed by atoms with Gasteiger partial charge in [0.05, 0.1) is 6.04 Å². The minimum absolute atomic E-state index is 0.0969. The fourth-order valence-electron chi connectivity index (χ4n) is 3.55. The molecular formula is C11H15N3O3. The first-order valence-corrected chi connectivity index (χ1v) is 6.26. The van der Waals surface area contributed by atoms with Crippen LogP contribution in [-0.2, 0) is 4.79 Å². The van der Waals surface area contributed by atoms with E-state index >= 15 is 0 Å². The van der Waals surface area contributed by atoms with E-state index < -0.39 is 6.03 Å². The Morgan fingerprint density at radius 1 is 1.06 bits per heavy atom. The zero-order valence-electron chi connectivity index (χ0n) is 9.45. The second kappa shape index (κ2) is 2.93. The Morgan fingerprint density at radius 2 is 1.82 bits per heavy atom. The molecule has 2 bridgehead atoms. The van der Waals surface area contributed by atoms with E-state index in [1.54, 1.807) is 4.90 Å². The monoisotopic (exact) mass is 237 g/mol. The van der Waals surface area contributed by atoms with E-state index in [1.807, 2.05) is 4.90 Å². The minimum atomic E-state index is -0.395. The van der Waals surface area contributed by atoms with Gasteiger partial charge in [-0.25, -0.2) is 9.86 Å². The molecule has 0 aromatic heterocycles. The number of hydrogen-bond donors (Lipinski definition) is 1. The number of piperidine rings is 1. The number of carbonyl (C=O) groups excluding carboxylic acids is 2. The molecule has 4 rings (SSSR count). The average molecular weight is 237 g/mol. The number of fused-ring (bicyclic) bond motifs is 4. The molecular weight excluding hydrogens is 222 g/mol. The summed E-state index contributed by atoms with van der Waals surface area (Å²) >= 11 is 0. The van der Waals surface area contributed by atoms with Crippen LogP contribution in [0.2, 0.25) is 0 Å². The maximum atomic E-state index is 12.3. The van der Waals surface area contributed by atoms with Crippen molar-refractivity contribution in [2.45, 2.75) is 37.4 Å². The number of hydroxylamine groups is 2. The maximum Gasteiger partial charge on any atom is 0.344 e. The van der Waals surface area contributed by atoms with Crippen molar-refractivity contribution in [1.82, 2.24) is 14.9 Å². The second-order valence-corrected chi connectivity index (χ2v) is 5.60. The van der Waals surface area contributed by atoms with E-state index in [2.05, 4.69) is 0 Å².